The number of fused-ring (bicyclic) bond motifs is 1. The summed E-state index contributed by atoms with van der Waals surface area (Å²) in [5.41, 5.74) is 0.968. The first-order valence-corrected chi connectivity index (χ1v) is 8.50. The molecule has 2 aromatic heterocycles. The molecule has 2 aromatic rings. The first-order chi connectivity index (χ1) is 11.9. The quantitative estimate of drug-likeness (QED) is 0.757. The van der Waals surface area contributed by atoms with E-state index in [4.69, 9.17) is 4.74 Å². The zero-order valence-electron chi connectivity index (χ0n) is 14.2. The molecule has 0 spiro atoms. The van der Waals surface area contributed by atoms with E-state index in [1.807, 2.05) is 0 Å². The minimum atomic E-state index is -1.68. The highest BCUT2D eigenvalue weighted by Crippen LogP contribution is 2.37. The molecule has 0 aromatic carbocycles. The second-order valence-electron chi connectivity index (χ2n) is 7.17. The lowest BCUT2D eigenvalue weighted by molar-refractivity contribution is -0.0459. The summed E-state index contributed by atoms with van der Waals surface area (Å²) in [6.07, 6.45) is -0.387. The lowest BCUT2D eigenvalue weighted by Crippen LogP contribution is -2.42. The van der Waals surface area contributed by atoms with Crippen LogP contribution in [-0.4, -0.2) is 60.3 Å². The van der Waals surface area contributed by atoms with Gasteiger partial charge in [-0.2, -0.15) is 0 Å². The molecule has 1 aliphatic carbocycles. The van der Waals surface area contributed by atoms with Crippen molar-refractivity contribution in [3.05, 3.63) is 12.2 Å². The molecular formula is C16H22FN5O3. The number of hydrogen-bond donors (Lipinski definition) is 3. The number of aliphatic hydroxyl groups excluding tert-OH is 2. The Bertz CT molecular complexity index is 793. The first kappa shape index (κ1) is 16.6. The Morgan fingerprint density at radius 3 is 2.80 bits per heavy atom. The minimum absolute atomic E-state index is 0.0117. The average molecular weight is 351 g/mol. The number of aryl methyl sites for hydroxylation is 1. The second-order valence-corrected chi connectivity index (χ2v) is 7.17. The highest BCUT2D eigenvalue weighted by molar-refractivity contribution is 5.83. The van der Waals surface area contributed by atoms with Crippen molar-refractivity contribution in [2.75, 3.05) is 11.9 Å². The molecule has 25 heavy (non-hydrogen) atoms. The maximum atomic E-state index is 14.5. The molecule has 3 heterocycles. The van der Waals surface area contributed by atoms with Crippen molar-refractivity contribution in [2.24, 2.45) is 0 Å². The van der Waals surface area contributed by atoms with Crippen LogP contribution in [0.25, 0.3) is 11.2 Å². The van der Waals surface area contributed by atoms with E-state index in [2.05, 4.69) is 27.2 Å². The van der Waals surface area contributed by atoms with E-state index in [0.717, 1.165) is 12.8 Å². The van der Waals surface area contributed by atoms with Crippen LogP contribution in [0.1, 0.15) is 38.2 Å². The van der Waals surface area contributed by atoms with Gasteiger partial charge in [-0.25, -0.2) is 19.3 Å². The summed E-state index contributed by atoms with van der Waals surface area (Å²) in [5.74, 6) is 1.16. The predicted molar refractivity (Wildman–Crippen MR) is 87.8 cm³/mol. The largest absolute Gasteiger partial charge is 0.394 e. The van der Waals surface area contributed by atoms with Crippen LogP contribution in [0.15, 0.2) is 6.33 Å². The van der Waals surface area contributed by atoms with E-state index >= 15 is 0 Å². The molecule has 8 nitrogen and oxygen atoms in total. The van der Waals surface area contributed by atoms with Gasteiger partial charge in [0.15, 0.2) is 29.4 Å². The summed E-state index contributed by atoms with van der Waals surface area (Å²) < 4.78 is 21.4. The molecule has 4 rings (SSSR count). The number of nitrogens with zero attached hydrogens (tertiary/aromatic N) is 4. The number of alkyl halides is 1. The van der Waals surface area contributed by atoms with Crippen molar-refractivity contribution >= 4 is 17.0 Å². The van der Waals surface area contributed by atoms with Gasteiger partial charge in [0.1, 0.15) is 18.0 Å². The van der Waals surface area contributed by atoms with Gasteiger partial charge in [-0.05, 0) is 33.1 Å². The van der Waals surface area contributed by atoms with Crippen molar-refractivity contribution in [1.29, 1.82) is 0 Å². The van der Waals surface area contributed by atoms with Crippen LogP contribution < -0.4 is 5.32 Å². The predicted octanol–water partition coefficient (Wildman–Crippen LogP) is 1.08. The van der Waals surface area contributed by atoms with Crippen LogP contribution in [0.3, 0.4) is 0 Å². The number of nitrogens with one attached hydrogen (secondary N) is 1. The van der Waals surface area contributed by atoms with Crippen LogP contribution in [-0.2, 0) is 4.74 Å². The third-order valence-corrected chi connectivity index (χ3v) is 5.16. The molecule has 0 bridgehead atoms. The maximum Gasteiger partial charge on any atom is 0.173 e. The van der Waals surface area contributed by atoms with Gasteiger partial charge < -0.3 is 20.3 Å². The molecular weight excluding hydrogens is 329 g/mol. The number of ether oxygens (including phenoxy) is 1. The zero-order valence-corrected chi connectivity index (χ0v) is 14.2. The number of rotatable bonds is 4. The van der Waals surface area contributed by atoms with E-state index in [1.165, 1.54) is 17.3 Å². The van der Waals surface area contributed by atoms with Crippen molar-refractivity contribution in [3.63, 3.8) is 0 Å². The van der Waals surface area contributed by atoms with Crippen molar-refractivity contribution in [2.45, 2.75) is 63.3 Å². The fraction of sp³-hybridized carbons (Fsp3) is 0.688. The van der Waals surface area contributed by atoms with Crippen molar-refractivity contribution < 1.29 is 19.3 Å². The molecule has 1 saturated heterocycles. The number of aromatic nitrogens is 4. The Kier molecular flexibility index (Phi) is 3.89. The van der Waals surface area contributed by atoms with E-state index < -0.39 is 31.2 Å². The summed E-state index contributed by atoms with van der Waals surface area (Å²) in [6.45, 7) is 3.44. The number of imidazole rings is 1. The van der Waals surface area contributed by atoms with E-state index in [1.54, 1.807) is 6.92 Å². The van der Waals surface area contributed by atoms with Gasteiger partial charge in [0.25, 0.3) is 0 Å². The topological polar surface area (TPSA) is 105 Å². The van der Waals surface area contributed by atoms with E-state index in [-0.39, 0.29) is 5.54 Å². The summed E-state index contributed by atoms with van der Waals surface area (Å²) in [4.78, 5) is 13.2. The fourth-order valence-corrected chi connectivity index (χ4v) is 3.50. The Labute approximate surface area is 144 Å². The van der Waals surface area contributed by atoms with Gasteiger partial charge in [-0.1, -0.05) is 0 Å². The molecule has 2 aliphatic rings. The Morgan fingerprint density at radius 1 is 1.44 bits per heavy atom. The molecule has 0 amide bonds. The first-order valence-electron chi connectivity index (χ1n) is 8.50. The standard InChI is InChI=1S/C16H22FN5O3/c1-8-19-13(21-16(2)4-3-5-16)11-14(20-8)22(7-18-11)15-10(17)12(24)9(6-23)25-15/h7,9-10,12,15,23-24H,3-6H2,1-2H3,(H,19,20,21)/t9-,10+,12-,15-/m1/s1. The average Bonchev–Trinajstić information content (AvgIpc) is 3.08. The zero-order chi connectivity index (χ0) is 17.8. The van der Waals surface area contributed by atoms with Gasteiger partial charge in [-0.3, -0.25) is 4.57 Å². The molecule has 0 unspecified atom stereocenters. The Morgan fingerprint density at radius 2 is 2.20 bits per heavy atom. The number of halogens is 1. The number of anilines is 1. The lowest BCUT2D eigenvalue weighted by atomic mass is 9.78. The Balaban J connectivity index is 1.73. The van der Waals surface area contributed by atoms with Crippen molar-refractivity contribution in [3.8, 4) is 0 Å². The van der Waals surface area contributed by atoms with Gasteiger partial charge in [-0.15, -0.1) is 0 Å². The van der Waals surface area contributed by atoms with Crippen LogP contribution >= 0.6 is 0 Å². The lowest BCUT2D eigenvalue weighted by Gasteiger charge is -2.39. The molecule has 0 radical (unpaired) electrons. The molecule has 2 fully saturated rings. The van der Waals surface area contributed by atoms with E-state index in [9.17, 15) is 14.6 Å². The Hall–Kier alpha value is -1.84. The third-order valence-electron chi connectivity index (χ3n) is 5.16. The van der Waals surface area contributed by atoms with E-state index in [0.29, 0.717) is 22.8 Å². The van der Waals surface area contributed by atoms with Crippen LogP contribution in [0.4, 0.5) is 10.2 Å². The molecule has 4 atom stereocenters. The highest BCUT2D eigenvalue weighted by Gasteiger charge is 2.45. The minimum Gasteiger partial charge on any atom is -0.394 e. The summed E-state index contributed by atoms with van der Waals surface area (Å²) >= 11 is 0. The molecule has 1 saturated carbocycles. The molecule has 136 valence electrons. The van der Waals surface area contributed by atoms with Gasteiger partial charge in [0.05, 0.1) is 12.9 Å². The maximum absolute atomic E-state index is 14.5. The second kappa shape index (κ2) is 5.86. The smallest absolute Gasteiger partial charge is 0.173 e. The number of aliphatic hydroxyl groups is 2. The third kappa shape index (κ3) is 2.66. The van der Waals surface area contributed by atoms with Gasteiger partial charge in [0.2, 0.25) is 0 Å². The SMILES string of the molecule is Cc1nc(NC2(C)CCC2)c2ncn([C@@H]3O[C@H](CO)[C@@H](O)[C@@H]3F)c2n1. The molecule has 9 heteroatoms. The van der Waals surface area contributed by atoms with Crippen LogP contribution in [0.5, 0.6) is 0 Å². The normalized spacial score (nSPS) is 31.2. The van der Waals surface area contributed by atoms with Gasteiger partial charge in [0, 0.05) is 5.54 Å². The van der Waals surface area contributed by atoms with Crippen molar-refractivity contribution in [1.82, 2.24) is 19.5 Å². The fourth-order valence-electron chi connectivity index (χ4n) is 3.50. The summed E-state index contributed by atoms with van der Waals surface area (Å²) in [5, 5.41) is 22.5. The van der Waals surface area contributed by atoms with Gasteiger partial charge >= 0.3 is 0 Å². The monoisotopic (exact) mass is 351 g/mol. The van der Waals surface area contributed by atoms with Crippen LogP contribution in [0, 0.1) is 6.92 Å². The number of hydrogen-bond acceptors (Lipinski definition) is 7. The molecule has 3 N–H and O–H groups in total. The molecule has 1 aliphatic heterocycles. The summed E-state index contributed by atoms with van der Waals surface area (Å²) in [6, 6.07) is 0. The highest BCUT2D eigenvalue weighted by atomic mass is 19.1. The van der Waals surface area contributed by atoms with Crippen LogP contribution in [0.2, 0.25) is 0 Å². The summed E-state index contributed by atoms with van der Waals surface area (Å²) in [7, 11) is 0.